The van der Waals surface area contributed by atoms with Gasteiger partial charge in [0.25, 0.3) is 11.5 Å². The first-order valence-corrected chi connectivity index (χ1v) is 10.5. The van der Waals surface area contributed by atoms with Crippen molar-refractivity contribution in [1.82, 2.24) is 14.8 Å². The van der Waals surface area contributed by atoms with E-state index in [0.29, 0.717) is 22.3 Å². The summed E-state index contributed by atoms with van der Waals surface area (Å²) in [5, 5.41) is 7.70. The minimum absolute atomic E-state index is 0.175. The smallest absolute Gasteiger partial charge is 0.267 e. The summed E-state index contributed by atoms with van der Waals surface area (Å²) in [5.41, 5.74) is 2.88. The summed E-state index contributed by atoms with van der Waals surface area (Å²) < 4.78 is 12.9. The van der Waals surface area contributed by atoms with E-state index >= 15 is 0 Å². The van der Waals surface area contributed by atoms with E-state index in [9.17, 15) is 9.59 Å². The Bertz CT molecular complexity index is 1380. The Labute approximate surface area is 181 Å². The van der Waals surface area contributed by atoms with Crippen LogP contribution in [0.4, 0.5) is 5.13 Å². The lowest BCUT2D eigenvalue weighted by atomic mass is 10.1. The highest BCUT2D eigenvalue weighted by molar-refractivity contribution is 7.22. The zero-order chi connectivity index (χ0) is 21.5. The Morgan fingerprint density at radius 1 is 1.13 bits per heavy atom. The van der Waals surface area contributed by atoms with Crippen LogP contribution in [0, 0.1) is 6.92 Å². The number of hydrogen-bond donors (Lipinski definition) is 1. The van der Waals surface area contributed by atoms with Crippen LogP contribution >= 0.6 is 11.3 Å². The van der Waals surface area contributed by atoms with Gasteiger partial charge in [-0.1, -0.05) is 17.4 Å². The third-order valence-electron chi connectivity index (χ3n) is 5.01. The number of fused-ring (bicyclic) bond motifs is 2. The molecule has 0 fully saturated rings. The molecule has 1 N–H and O–H groups in total. The zero-order valence-electron chi connectivity index (χ0n) is 16.8. The summed E-state index contributed by atoms with van der Waals surface area (Å²) >= 11 is 1.39. The Kier molecular flexibility index (Phi) is 4.67. The molecule has 1 amide bonds. The molecule has 1 atom stereocenters. The molecule has 0 saturated carbocycles. The number of aromatic nitrogens is 3. The molecular weight excluding hydrogens is 416 g/mol. The van der Waals surface area contributed by atoms with Crippen molar-refractivity contribution in [3.05, 3.63) is 64.4 Å². The first kappa shape index (κ1) is 19.3. The van der Waals surface area contributed by atoms with Crippen molar-refractivity contribution in [3.8, 4) is 22.8 Å². The van der Waals surface area contributed by atoms with Gasteiger partial charge >= 0.3 is 0 Å². The van der Waals surface area contributed by atoms with Crippen molar-refractivity contribution >= 4 is 32.6 Å². The van der Waals surface area contributed by atoms with Crippen LogP contribution in [0.3, 0.4) is 0 Å². The maximum atomic E-state index is 12.8. The third-order valence-corrected chi connectivity index (χ3v) is 5.95. The Morgan fingerprint density at radius 2 is 1.97 bits per heavy atom. The van der Waals surface area contributed by atoms with Gasteiger partial charge in [0.1, 0.15) is 6.04 Å². The molecule has 2 aromatic carbocycles. The van der Waals surface area contributed by atoms with E-state index in [1.165, 1.54) is 22.1 Å². The van der Waals surface area contributed by atoms with Crippen LogP contribution in [0.2, 0.25) is 0 Å². The van der Waals surface area contributed by atoms with Crippen molar-refractivity contribution in [2.75, 3.05) is 12.1 Å². The number of ether oxygens (including phenoxy) is 2. The normalized spacial score (nSPS) is 13.4. The second-order valence-corrected chi connectivity index (χ2v) is 8.26. The van der Waals surface area contributed by atoms with Gasteiger partial charge in [-0.2, -0.15) is 5.10 Å². The molecule has 4 aromatic rings. The predicted octanol–water partition coefficient (Wildman–Crippen LogP) is 3.76. The van der Waals surface area contributed by atoms with E-state index in [1.54, 1.807) is 25.1 Å². The predicted molar refractivity (Wildman–Crippen MR) is 118 cm³/mol. The quantitative estimate of drug-likeness (QED) is 0.526. The van der Waals surface area contributed by atoms with Crippen LogP contribution in [-0.4, -0.2) is 27.5 Å². The monoisotopic (exact) mass is 434 g/mol. The Morgan fingerprint density at radius 3 is 2.84 bits per heavy atom. The number of aryl methyl sites for hydroxylation is 1. The number of anilines is 1. The van der Waals surface area contributed by atoms with Gasteiger partial charge in [-0.3, -0.25) is 9.59 Å². The molecule has 5 rings (SSSR count). The summed E-state index contributed by atoms with van der Waals surface area (Å²) in [6.45, 7) is 3.81. The molecule has 0 spiro atoms. The fraction of sp³-hybridized carbons (Fsp3) is 0.182. The largest absolute Gasteiger partial charge is 0.454 e. The molecule has 31 heavy (non-hydrogen) atoms. The molecule has 156 valence electrons. The Hall–Kier alpha value is -3.72. The number of thiazole rings is 1. The third kappa shape index (κ3) is 3.64. The van der Waals surface area contributed by atoms with Crippen molar-refractivity contribution in [2.24, 2.45) is 0 Å². The molecule has 9 heteroatoms. The molecule has 3 heterocycles. The van der Waals surface area contributed by atoms with E-state index in [0.717, 1.165) is 21.3 Å². The van der Waals surface area contributed by atoms with Crippen LogP contribution in [0.15, 0.2) is 53.3 Å². The number of nitrogens with one attached hydrogen (secondary N) is 1. The van der Waals surface area contributed by atoms with Gasteiger partial charge in [0, 0.05) is 11.6 Å². The number of benzene rings is 2. The van der Waals surface area contributed by atoms with Gasteiger partial charge in [0.15, 0.2) is 16.6 Å². The van der Waals surface area contributed by atoms with Crippen LogP contribution < -0.4 is 20.3 Å². The molecule has 0 aliphatic carbocycles. The average Bonchev–Trinajstić information content (AvgIpc) is 3.38. The van der Waals surface area contributed by atoms with Crippen molar-refractivity contribution in [3.63, 3.8) is 0 Å². The fourth-order valence-electron chi connectivity index (χ4n) is 3.32. The second kappa shape index (κ2) is 7.51. The fourth-order valence-corrected chi connectivity index (χ4v) is 4.29. The molecule has 0 radical (unpaired) electrons. The van der Waals surface area contributed by atoms with Crippen LogP contribution in [0.5, 0.6) is 11.5 Å². The molecular formula is C22H18N4O4S. The lowest BCUT2D eigenvalue weighted by Gasteiger charge is -2.14. The van der Waals surface area contributed by atoms with E-state index in [1.807, 2.05) is 31.2 Å². The number of hydrogen-bond acceptors (Lipinski definition) is 7. The molecule has 1 unspecified atom stereocenters. The van der Waals surface area contributed by atoms with Crippen molar-refractivity contribution < 1.29 is 14.3 Å². The summed E-state index contributed by atoms with van der Waals surface area (Å²) in [4.78, 5) is 29.7. The van der Waals surface area contributed by atoms with Crippen molar-refractivity contribution in [1.29, 1.82) is 0 Å². The molecule has 0 saturated heterocycles. The van der Waals surface area contributed by atoms with Crippen molar-refractivity contribution in [2.45, 2.75) is 19.9 Å². The zero-order valence-corrected chi connectivity index (χ0v) is 17.6. The van der Waals surface area contributed by atoms with E-state index in [-0.39, 0.29) is 18.3 Å². The van der Waals surface area contributed by atoms with Crippen LogP contribution in [0.25, 0.3) is 21.5 Å². The number of rotatable bonds is 4. The standard InChI is InChI=1S/C22H18N4O4S/c1-12-3-5-16-19(9-12)31-22(23-16)24-21(28)13(2)26-20(27)8-6-15(25-26)14-4-7-17-18(10-14)30-11-29-17/h3-10,13H,11H2,1-2H3,(H,23,24,28). The summed E-state index contributed by atoms with van der Waals surface area (Å²) in [7, 11) is 0. The van der Waals surface area contributed by atoms with Gasteiger partial charge in [0.2, 0.25) is 6.79 Å². The number of carbonyl (C=O) groups is 1. The van der Waals surface area contributed by atoms with E-state index in [4.69, 9.17) is 9.47 Å². The molecule has 8 nitrogen and oxygen atoms in total. The minimum atomic E-state index is -0.824. The van der Waals surface area contributed by atoms with E-state index < -0.39 is 6.04 Å². The first-order valence-electron chi connectivity index (χ1n) is 9.66. The van der Waals surface area contributed by atoms with Gasteiger partial charge in [-0.25, -0.2) is 9.67 Å². The topological polar surface area (TPSA) is 95.3 Å². The van der Waals surface area contributed by atoms with Crippen LogP contribution in [0.1, 0.15) is 18.5 Å². The summed E-state index contributed by atoms with van der Waals surface area (Å²) in [5.74, 6) is 0.915. The Balaban J connectivity index is 1.41. The summed E-state index contributed by atoms with van der Waals surface area (Å²) in [6, 6.07) is 13.5. The molecule has 1 aliphatic heterocycles. The van der Waals surface area contributed by atoms with Gasteiger partial charge in [0.05, 0.1) is 15.9 Å². The summed E-state index contributed by atoms with van der Waals surface area (Å²) in [6.07, 6.45) is 0. The second-order valence-electron chi connectivity index (χ2n) is 7.22. The van der Waals surface area contributed by atoms with Gasteiger partial charge < -0.3 is 14.8 Å². The average molecular weight is 434 g/mol. The van der Waals surface area contributed by atoms with Crippen LogP contribution in [-0.2, 0) is 4.79 Å². The highest BCUT2D eigenvalue weighted by atomic mass is 32.1. The van der Waals surface area contributed by atoms with E-state index in [2.05, 4.69) is 15.4 Å². The highest BCUT2D eigenvalue weighted by Gasteiger charge is 2.20. The highest BCUT2D eigenvalue weighted by Crippen LogP contribution is 2.35. The van der Waals surface area contributed by atoms with Gasteiger partial charge in [-0.05, 0) is 55.8 Å². The molecule has 1 aliphatic rings. The number of amides is 1. The lowest BCUT2D eigenvalue weighted by molar-refractivity contribution is -0.119. The number of nitrogens with zero attached hydrogens (tertiary/aromatic N) is 3. The number of carbonyl (C=O) groups excluding carboxylic acids is 1. The minimum Gasteiger partial charge on any atom is -0.454 e. The maximum absolute atomic E-state index is 12.8. The first-order chi connectivity index (χ1) is 15.0. The SMILES string of the molecule is Cc1ccc2nc(NC(=O)C(C)n3nc(-c4ccc5c(c4)OCO5)ccc3=O)sc2c1. The molecule has 0 bridgehead atoms. The maximum Gasteiger partial charge on any atom is 0.267 e. The molecule has 2 aromatic heterocycles. The van der Waals surface area contributed by atoms with Gasteiger partial charge in [-0.15, -0.1) is 0 Å². The lowest BCUT2D eigenvalue weighted by Crippen LogP contribution is -2.33.